The van der Waals surface area contributed by atoms with Crippen LogP contribution in [0.1, 0.15) is 10.4 Å². The van der Waals surface area contributed by atoms with Crippen LogP contribution in [0.15, 0.2) is 23.5 Å². The van der Waals surface area contributed by atoms with Crippen LogP contribution in [0.4, 0.5) is 11.5 Å². The van der Waals surface area contributed by atoms with E-state index in [9.17, 15) is 4.79 Å². The molecule has 0 bridgehead atoms. The second kappa shape index (κ2) is 6.59. The summed E-state index contributed by atoms with van der Waals surface area (Å²) in [5.41, 5.74) is 5.96. The van der Waals surface area contributed by atoms with Crippen LogP contribution in [0, 0.1) is 0 Å². The molecule has 0 saturated carbocycles. The zero-order chi connectivity index (χ0) is 15.4. The van der Waals surface area contributed by atoms with Gasteiger partial charge in [0.1, 0.15) is 16.5 Å². The number of pyridine rings is 1. The Hall–Kier alpha value is -2.06. The van der Waals surface area contributed by atoms with Gasteiger partial charge >= 0.3 is 0 Å². The first-order chi connectivity index (χ1) is 10.0. The Morgan fingerprint density at radius 1 is 1.43 bits per heavy atom. The van der Waals surface area contributed by atoms with E-state index in [-0.39, 0.29) is 16.5 Å². The lowest BCUT2D eigenvalue weighted by molar-refractivity contribution is 0.100. The monoisotopic (exact) mass is 325 g/mol. The number of halogens is 1. The van der Waals surface area contributed by atoms with E-state index in [2.05, 4.69) is 20.3 Å². The van der Waals surface area contributed by atoms with Crippen LogP contribution in [0.3, 0.4) is 0 Å². The number of hydrogen-bond acceptors (Lipinski definition) is 7. The number of nitrogens with two attached hydrogens (primary N) is 1. The fourth-order valence-electron chi connectivity index (χ4n) is 1.53. The van der Waals surface area contributed by atoms with Crippen molar-refractivity contribution in [1.29, 1.82) is 0 Å². The molecule has 110 valence electrons. The van der Waals surface area contributed by atoms with E-state index in [1.807, 2.05) is 0 Å². The van der Waals surface area contributed by atoms with Crippen LogP contribution in [-0.2, 0) is 0 Å². The van der Waals surface area contributed by atoms with Gasteiger partial charge in [0.25, 0.3) is 5.91 Å². The predicted octanol–water partition coefficient (Wildman–Crippen LogP) is 2.10. The van der Waals surface area contributed by atoms with E-state index in [4.69, 9.17) is 22.1 Å². The summed E-state index contributed by atoms with van der Waals surface area (Å²) in [5.74, 6) is -0.00311. The van der Waals surface area contributed by atoms with Crippen molar-refractivity contribution in [3.05, 3.63) is 29.0 Å². The van der Waals surface area contributed by atoms with Gasteiger partial charge in [0.05, 0.1) is 19.0 Å². The van der Waals surface area contributed by atoms with Crippen molar-refractivity contribution in [2.45, 2.75) is 5.16 Å². The lowest BCUT2D eigenvalue weighted by atomic mass is 10.3. The highest BCUT2D eigenvalue weighted by Crippen LogP contribution is 2.26. The normalized spacial score (nSPS) is 10.2. The van der Waals surface area contributed by atoms with Gasteiger partial charge in [-0.25, -0.2) is 15.0 Å². The number of carbonyl (C=O) groups is 1. The van der Waals surface area contributed by atoms with Crippen LogP contribution < -0.4 is 15.8 Å². The standard InChI is InChI=1S/C12H12ClN5O2S/c1-20-7-4-3-6(5-15-7)16-11-8(10(14)19)9(13)17-12(18-11)21-2/h3-5H,1-2H3,(H2,14,19)(H,16,17,18). The van der Waals surface area contributed by atoms with Gasteiger partial charge in [0.15, 0.2) is 5.16 Å². The van der Waals surface area contributed by atoms with E-state index in [1.54, 1.807) is 24.6 Å². The average molecular weight is 326 g/mol. The van der Waals surface area contributed by atoms with Crippen LogP contribution in [0.25, 0.3) is 0 Å². The van der Waals surface area contributed by atoms with E-state index in [0.717, 1.165) is 0 Å². The van der Waals surface area contributed by atoms with Gasteiger partial charge in [-0.1, -0.05) is 23.4 Å². The van der Waals surface area contributed by atoms with Crippen LogP contribution in [-0.4, -0.2) is 34.2 Å². The summed E-state index contributed by atoms with van der Waals surface area (Å²) in [5, 5.41) is 3.38. The zero-order valence-corrected chi connectivity index (χ0v) is 12.8. The summed E-state index contributed by atoms with van der Waals surface area (Å²) in [6.45, 7) is 0. The molecule has 0 fully saturated rings. The number of hydrogen-bond donors (Lipinski definition) is 2. The fourth-order valence-corrected chi connectivity index (χ4v) is 2.20. The molecule has 2 rings (SSSR count). The van der Waals surface area contributed by atoms with Crippen LogP contribution in [0.2, 0.25) is 5.15 Å². The number of nitrogens with one attached hydrogen (secondary N) is 1. The number of methoxy groups -OCH3 is 1. The second-order valence-electron chi connectivity index (χ2n) is 3.80. The molecule has 9 heteroatoms. The topological polar surface area (TPSA) is 103 Å². The lowest BCUT2D eigenvalue weighted by Gasteiger charge is -2.11. The molecule has 3 N–H and O–H groups in total. The predicted molar refractivity (Wildman–Crippen MR) is 81.4 cm³/mol. The Labute approximate surface area is 130 Å². The first-order valence-corrected chi connectivity index (χ1v) is 7.33. The highest BCUT2D eigenvalue weighted by Gasteiger charge is 2.18. The van der Waals surface area contributed by atoms with E-state index in [1.165, 1.54) is 18.9 Å². The molecule has 2 aromatic heterocycles. The molecule has 0 spiro atoms. The SMILES string of the molecule is COc1ccc(Nc2nc(SC)nc(Cl)c2C(N)=O)cn1. The minimum atomic E-state index is -0.711. The maximum atomic E-state index is 11.5. The van der Waals surface area contributed by atoms with Crippen molar-refractivity contribution in [1.82, 2.24) is 15.0 Å². The summed E-state index contributed by atoms with van der Waals surface area (Å²) >= 11 is 7.28. The Morgan fingerprint density at radius 2 is 2.19 bits per heavy atom. The molecule has 2 heterocycles. The number of carbonyl (C=O) groups excluding carboxylic acids is 1. The quantitative estimate of drug-likeness (QED) is 0.493. The van der Waals surface area contributed by atoms with Crippen molar-refractivity contribution >= 4 is 40.8 Å². The number of aromatic nitrogens is 3. The molecule has 0 aliphatic carbocycles. The first kappa shape index (κ1) is 15.3. The smallest absolute Gasteiger partial charge is 0.255 e. The summed E-state index contributed by atoms with van der Waals surface area (Å²) in [6, 6.07) is 3.40. The molecule has 0 aromatic carbocycles. The van der Waals surface area contributed by atoms with Gasteiger partial charge in [0.2, 0.25) is 5.88 Å². The summed E-state index contributed by atoms with van der Waals surface area (Å²) in [6.07, 6.45) is 3.34. The maximum Gasteiger partial charge on any atom is 0.255 e. The second-order valence-corrected chi connectivity index (χ2v) is 4.93. The third-order valence-electron chi connectivity index (χ3n) is 2.48. The largest absolute Gasteiger partial charge is 0.481 e. The van der Waals surface area contributed by atoms with Gasteiger partial charge in [-0.2, -0.15) is 0 Å². The minimum Gasteiger partial charge on any atom is -0.481 e. The lowest BCUT2D eigenvalue weighted by Crippen LogP contribution is -2.16. The Balaban J connectivity index is 2.41. The van der Waals surface area contributed by atoms with Gasteiger partial charge in [-0.05, 0) is 12.3 Å². The summed E-state index contributed by atoms with van der Waals surface area (Å²) in [7, 11) is 1.52. The van der Waals surface area contributed by atoms with E-state index >= 15 is 0 Å². The van der Waals surface area contributed by atoms with Gasteiger partial charge in [-0.15, -0.1) is 0 Å². The molecule has 0 radical (unpaired) electrons. The molecule has 0 aliphatic rings. The van der Waals surface area contributed by atoms with E-state index < -0.39 is 5.91 Å². The van der Waals surface area contributed by atoms with Crippen molar-refractivity contribution in [2.24, 2.45) is 5.73 Å². The Kier molecular flexibility index (Phi) is 4.81. The highest BCUT2D eigenvalue weighted by molar-refractivity contribution is 7.98. The minimum absolute atomic E-state index is 0.00539. The molecular weight excluding hydrogens is 314 g/mol. The Bertz CT molecular complexity index is 665. The van der Waals surface area contributed by atoms with E-state index in [0.29, 0.717) is 16.7 Å². The van der Waals surface area contributed by atoms with Crippen molar-refractivity contribution in [2.75, 3.05) is 18.7 Å². The number of thioether (sulfide) groups is 1. The molecular formula is C12H12ClN5O2S. The van der Waals surface area contributed by atoms with Gasteiger partial charge in [-0.3, -0.25) is 4.79 Å². The first-order valence-electron chi connectivity index (χ1n) is 5.73. The van der Waals surface area contributed by atoms with Crippen molar-refractivity contribution in [3.63, 3.8) is 0 Å². The molecule has 7 nitrogen and oxygen atoms in total. The maximum absolute atomic E-state index is 11.5. The third-order valence-corrected chi connectivity index (χ3v) is 3.30. The summed E-state index contributed by atoms with van der Waals surface area (Å²) in [4.78, 5) is 23.7. The average Bonchev–Trinajstić information content (AvgIpc) is 2.47. The fraction of sp³-hybridized carbons (Fsp3) is 0.167. The number of primary amides is 1. The van der Waals surface area contributed by atoms with Gasteiger partial charge in [0, 0.05) is 6.07 Å². The van der Waals surface area contributed by atoms with Crippen LogP contribution >= 0.6 is 23.4 Å². The zero-order valence-electron chi connectivity index (χ0n) is 11.3. The van der Waals surface area contributed by atoms with Crippen molar-refractivity contribution < 1.29 is 9.53 Å². The molecule has 1 amide bonds. The number of nitrogens with zero attached hydrogens (tertiary/aromatic N) is 3. The number of ether oxygens (including phenoxy) is 1. The number of rotatable bonds is 5. The molecule has 0 aliphatic heterocycles. The molecule has 2 aromatic rings. The summed E-state index contributed by atoms with van der Waals surface area (Å²) < 4.78 is 4.97. The third kappa shape index (κ3) is 3.53. The number of anilines is 2. The number of amides is 1. The molecule has 0 saturated heterocycles. The molecule has 0 atom stereocenters. The van der Waals surface area contributed by atoms with Gasteiger partial charge < -0.3 is 15.8 Å². The highest BCUT2D eigenvalue weighted by atomic mass is 35.5. The molecule has 0 unspecified atom stereocenters. The molecule has 21 heavy (non-hydrogen) atoms. The van der Waals surface area contributed by atoms with Crippen LogP contribution in [0.5, 0.6) is 5.88 Å². The van der Waals surface area contributed by atoms with Crippen molar-refractivity contribution in [3.8, 4) is 5.88 Å². The Morgan fingerprint density at radius 3 is 2.71 bits per heavy atom.